The van der Waals surface area contributed by atoms with E-state index in [9.17, 15) is 13.2 Å². The van der Waals surface area contributed by atoms with E-state index in [1.54, 1.807) is 4.90 Å². The Morgan fingerprint density at radius 2 is 1.97 bits per heavy atom. The minimum absolute atomic E-state index is 0.0412. The van der Waals surface area contributed by atoms with Crippen LogP contribution in [0.15, 0.2) is 45.8 Å². The molecule has 158 valence electrons. The highest BCUT2D eigenvalue weighted by Gasteiger charge is 2.26. The first-order valence-corrected chi connectivity index (χ1v) is 11.3. The molecule has 3 aromatic rings. The molecule has 9 heteroatoms. The lowest BCUT2D eigenvalue weighted by molar-refractivity contribution is 0.0297. The summed E-state index contributed by atoms with van der Waals surface area (Å²) in [4.78, 5) is 14.5. The number of aromatic nitrogens is 1. The van der Waals surface area contributed by atoms with Crippen LogP contribution in [-0.4, -0.2) is 50.7 Å². The Labute approximate surface area is 174 Å². The molecule has 1 fully saturated rings. The van der Waals surface area contributed by atoms with Gasteiger partial charge in [-0.3, -0.25) is 9.52 Å². The summed E-state index contributed by atoms with van der Waals surface area (Å²) in [5, 5.41) is 4.27. The molecule has 1 aromatic heterocycles. The molecule has 2 heterocycles. The lowest BCUT2D eigenvalue weighted by Crippen LogP contribution is -2.40. The van der Waals surface area contributed by atoms with Crippen molar-refractivity contribution in [3.8, 4) is 0 Å². The molecule has 1 aliphatic heterocycles. The highest BCUT2D eigenvalue weighted by molar-refractivity contribution is 7.92. The number of anilines is 1. The van der Waals surface area contributed by atoms with Crippen LogP contribution in [0.2, 0.25) is 0 Å². The average molecular weight is 429 g/mol. The normalized spacial score (nSPS) is 14.8. The van der Waals surface area contributed by atoms with Crippen molar-refractivity contribution in [2.24, 2.45) is 0 Å². The zero-order valence-corrected chi connectivity index (χ0v) is 17.7. The molecule has 0 bridgehead atoms. The number of hydrogen-bond acceptors (Lipinski definition) is 6. The van der Waals surface area contributed by atoms with Gasteiger partial charge in [-0.1, -0.05) is 30.3 Å². The largest absolute Gasteiger partial charge is 0.378 e. The quantitative estimate of drug-likeness (QED) is 0.669. The molecule has 0 spiro atoms. The second-order valence-corrected chi connectivity index (χ2v) is 8.84. The van der Waals surface area contributed by atoms with Crippen molar-refractivity contribution in [3.05, 3.63) is 53.2 Å². The predicted octanol–water partition coefficient (Wildman–Crippen LogP) is 2.97. The van der Waals surface area contributed by atoms with Crippen molar-refractivity contribution in [1.29, 1.82) is 0 Å². The average Bonchev–Trinajstić information content (AvgIpc) is 3.18. The number of nitrogens with one attached hydrogen (secondary N) is 1. The topological polar surface area (TPSA) is 102 Å². The third kappa shape index (κ3) is 3.78. The summed E-state index contributed by atoms with van der Waals surface area (Å²) in [5.74, 6) is -0.299. The van der Waals surface area contributed by atoms with Crippen molar-refractivity contribution in [3.63, 3.8) is 0 Å². The standard InChI is InChI=1S/C21H23N3O5S/c1-3-15-6-4-5-14(2)19(15)23-30(26,27)16-7-8-18-17(13-16)20(22-29-18)21(25)24-9-11-28-12-10-24/h4-8,13,23H,3,9-12H2,1-2H3. The SMILES string of the molecule is CCc1cccc(C)c1NS(=O)(=O)c1ccc2onc(C(=O)N3CCOCC3)c2c1. The zero-order valence-electron chi connectivity index (χ0n) is 16.8. The van der Waals surface area contributed by atoms with Gasteiger partial charge in [0.2, 0.25) is 0 Å². The van der Waals surface area contributed by atoms with Crippen LogP contribution in [0.4, 0.5) is 5.69 Å². The molecular weight excluding hydrogens is 406 g/mol. The second kappa shape index (κ2) is 8.08. The molecule has 0 atom stereocenters. The Morgan fingerprint density at radius 3 is 2.70 bits per heavy atom. The maximum Gasteiger partial charge on any atom is 0.276 e. The lowest BCUT2D eigenvalue weighted by atomic mass is 10.1. The van der Waals surface area contributed by atoms with Crippen molar-refractivity contribution in [2.75, 3.05) is 31.0 Å². The smallest absolute Gasteiger partial charge is 0.276 e. The van der Waals surface area contributed by atoms with Crippen LogP contribution in [0.3, 0.4) is 0 Å². The fraction of sp³-hybridized carbons (Fsp3) is 0.333. The number of rotatable bonds is 5. The molecule has 1 N–H and O–H groups in total. The molecule has 0 unspecified atom stereocenters. The Kier molecular flexibility index (Phi) is 5.48. The summed E-state index contributed by atoms with van der Waals surface area (Å²) in [6, 6.07) is 10.1. The highest BCUT2D eigenvalue weighted by atomic mass is 32.2. The van der Waals surface area contributed by atoms with Crippen LogP contribution >= 0.6 is 0 Å². The van der Waals surface area contributed by atoms with Crippen molar-refractivity contribution in [1.82, 2.24) is 10.1 Å². The maximum absolute atomic E-state index is 13.1. The van der Waals surface area contributed by atoms with E-state index >= 15 is 0 Å². The molecule has 1 amide bonds. The van der Waals surface area contributed by atoms with E-state index < -0.39 is 10.0 Å². The number of carbonyl (C=O) groups excluding carboxylic acids is 1. The monoisotopic (exact) mass is 429 g/mol. The second-order valence-electron chi connectivity index (χ2n) is 7.16. The summed E-state index contributed by atoms with van der Waals surface area (Å²) >= 11 is 0. The number of ether oxygens (including phenoxy) is 1. The maximum atomic E-state index is 13.1. The Balaban J connectivity index is 1.70. The first-order valence-electron chi connectivity index (χ1n) is 9.78. The number of amides is 1. The zero-order chi connectivity index (χ0) is 21.3. The van der Waals surface area contributed by atoms with Gasteiger partial charge in [0, 0.05) is 13.1 Å². The third-order valence-electron chi connectivity index (χ3n) is 5.23. The Morgan fingerprint density at radius 1 is 1.20 bits per heavy atom. The molecule has 1 saturated heterocycles. The minimum atomic E-state index is -3.87. The van der Waals surface area contributed by atoms with Crippen LogP contribution < -0.4 is 4.72 Å². The molecule has 8 nitrogen and oxygen atoms in total. The number of benzene rings is 2. The molecule has 30 heavy (non-hydrogen) atoms. The van der Waals surface area contributed by atoms with E-state index in [1.165, 1.54) is 18.2 Å². The number of para-hydroxylation sites is 1. The van der Waals surface area contributed by atoms with Gasteiger partial charge in [-0.05, 0) is 42.7 Å². The van der Waals surface area contributed by atoms with E-state index in [0.29, 0.717) is 49.4 Å². The van der Waals surface area contributed by atoms with Gasteiger partial charge in [0.15, 0.2) is 11.3 Å². The van der Waals surface area contributed by atoms with Crippen LogP contribution in [-0.2, 0) is 21.2 Å². The van der Waals surface area contributed by atoms with Crippen LogP contribution in [0.1, 0.15) is 28.5 Å². The van der Waals surface area contributed by atoms with Gasteiger partial charge >= 0.3 is 0 Å². The van der Waals surface area contributed by atoms with Crippen LogP contribution in [0.25, 0.3) is 11.0 Å². The van der Waals surface area contributed by atoms with Crippen molar-refractivity contribution >= 4 is 32.6 Å². The third-order valence-corrected chi connectivity index (χ3v) is 6.58. The van der Waals surface area contributed by atoms with Gasteiger partial charge in [0.1, 0.15) is 0 Å². The number of fused-ring (bicyclic) bond motifs is 1. The van der Waals surface area contributed by atoms with Gasteiger partial charge < -0.3 is 14.2 Å². The van der Waals surface area contributed by atoms with E-state index in [0.717, 1.165) is 11.1 Å². The number of sulfonamides is 1. The van der Waals surface area contributed by atoms with E-state index in [-0.39, 0.29) is 16.5 Å². The molecule has 4 rings (SSSR count). The van der Waals surface area contributed by atoms with Gasteiger partial charge in [-0.25, -0.2) is 8.42 Å². The molecule has 0 radical (unpaired) electrons. The van der Waals surface area contributed by atoms with Crippen molar-refractivity contribution in [2.45, 2.75) is 25.2 Å². The summed E-state index contributed by atoms with van der Waals surface area (Å²) < 4.78 is 39.4. The number of nitrogens with zero attached hydrogens (tertiary/aromatic N) is 2. The van der Waals surface area contributed by atoms with Crippen LogP contribution in [0, 0.1) is 6.92 Å². The van der Waals surface area contributed by atoms with Gasteiger partial charge in [0.25, 0.3) is 15.9 Å². The molecular formula is C21H23N3O5S. The summed E-state index contributed by atoms with van der Waals surface area (Å²) in [7, 11) is -3.87. The fourth-order valence-corrected chi connectivity index (χ4v) is 4.72. The van der Waals surface area contributed by atoms with Gasteiger partial charge in [-0.2, -0.15) is 0 Å². The summed E-state index contributed by atoms with van der Waals surface area (Å²) in [6.07, 6.45) is 0.697. The highest BCUT2D eigenvalue weighted by Crippen LogP contribution is 2.28. The van der Waals surface area contributed by atoms with Gasteiger partial charge in [-0.15, -0.1) is 0 Å². The molecule has 0 aliphatic carbocycles. The minimum Gasteiger partial charge on any atom is -0.378 e. The summed E-state index contributed by atoms with van der Waals surface area (Å²) in [5.41, 5.74) is 2.79. The molecule has 0 saturated carbocycles. The number of morpholine rings is 1. The van der Waals surface area contributed by atoms with E-state index in [1.807, 2.05) is 32.0 Å². The Hall–Kier alpha value is -2.91. The summed E-state index contributed by atoms with van der Waals surface area (Å²) in [6.45, 7) is 5.67. The number of aryl methyl sites for hydroxylation is 2. The first-order chi connectivity index (χ1) is 14.4. The number of carbonyl (C=O) groups is 1. The molecule has 1 aliphatic rings. The Bertz CT molecular complexity index is 1200. The van der Waals surface area contributed by atoms with E-state index in [4.69, 9.17) is 9.26 Å². The molecule has 2 aromatic carbocycles. The van der Waals surface area contributed by atoms with E-state index in [2.05, 4.69) is 9.88 Å². The van der Waals surface area contributed by atoms with Gasteiger partial charge in [0.05, 0.1) is 29.2 Å². The number of hydrogen-bond donors (Lipinski definition) is 1. The van der Waals surface area contributed by atoms with Crippen LogP contribution in [0.5, 0.6) is 0 Å². The van der Waals surface area contributed by atoms with Crippen molar-refractivity contribution < 1.29 is 22.5 Å². The predicted molar refractivity (Wildman–Crippen MR) is 112 cm³/mol. The fourth-order valence-electron chi connectivity index (χ4n) is 3.52. The lowest BCUT2D eigenvalue weighted by Gasteiger charge is -2.25. The first kappa shape index (κ1) is 20.4.